The van der Waals surface area contributed by atoms with E-state index in [9.17, 15) is 14.7 Å². The van der Waals surface area contributed by atoms with Crippen LogP contribution in [0.25, 0.3) is 0 Å². The molecule has 3 aromatic rings. The molecule has 2 aromatic carbocycles. The summed E-state index contributed by atoms with van der Waals surface area (Å²) in [5.41, 5.74) is 5.00. The van der Waals surface area contributed by atoms with E-state index in [0.29, 0.717) is 23.5 Å². The molecule has 0 radical (unpaired) electrons. The normalized spacial score (nSPS) is 17.0. The number of likely N-dealkylation sites (N-methyl/N-ethyl adjacent to an activating group) is 1. The van der Waals surface area contributed by atoms with Gasteiger partial charge >= 0.3 is 0 Å². The van der Waals surface area contributed by atoms with Gasteiger partial charge in [0, 0.05) is 38.9 Å². The van der Waals surface area contributed by atoms with Crippen LogP contribution < -0.4 is 10.2 Å². The number of carbonyl (C=O) groups excluding carboxylic acids is 2. The number of aliphatic hydroxyl groups is 1. The van der Waals surface area contributed by atoms with Crippen molar-refractivity contribution in [1.29, 1.82) is 0 Å². The van der Waals surface area contributed by atoms with Crippen LogP contribution in [-0.2, 0) is 17.8 Å². The molecule has 35 heavy (non-hydrogen) atoms. The number of carbonyl (C=O) groups is 2. The minimum Gasteiger partial charge on any atom is -0.390 e. The maximum atomic E-state index is 13.5. The molecule has 0 spiro atoms. The Balaban J connectivity index is 1.31. The zero-order valence-corrected chi connectivity index (χ0v) is 19.6. The van der Waals surface area contributed by atoms with Gasteiger partial charge in [0.1, 0.15) is 6.54 Å². The molecule has 2 amide bonds. The molecule has 0 saturated heterocycles. The number of aromatic nitrogens is 2. The Morgan fingerprint density at radius 2 is 1.83 bits per heavy atom. The summed E-state index contributed by atoms with van der Waals surface area (Å²) in [6.45, 7) is 2.06. The van der Waals surface area contributed by atoms with Gasteiger partial charge in [0.2, 0.25) is 5.91 Å². The number of amides is 2. The van der Waals surface area contributed by atoms with Gasteiger partial charge in [-0.2, -0.15) is 10.2 Å². The fourth-order valence-electron chi connectivity index (χ4n) is 4.72. The van der Waals surface area contributed by atoms with Crippen molar-refractivity contribution in [2.45, 2.75) is 19.1 Å². The monoisotopic (exact) mass is 472 g/mol. The average molecular weight is 473 g/mol. The summed E-state index contributed by atoms with van der Waals surface area (Å²) in [6, 6.07) is 15.4. The predicted octanol–water partition coefficient (Wildman–Crippen LogP) is 2.06. The molecular formula is C26H28N6O3. The fraction of sp³-hybridized carbons (Fsp3) is 0.308. The van der Waals surface area contributed by atoms with Gasteiger partial charge in [-0.1, -0.05) is 24.3 Å². The highest BCUT2D eigenvalue weighted by atomic mass is 16.3. The maximum absolute atomic E-state index is 13.5. The second kappa shape index (κ2) is 9.81. The lowest BCUT2D eigenvalue weighted by molar-refractivity contribution is -0.119. The van der Waals surface area contributed by atoms with Crippen LogP contribution in [0.15, 0.2) is 60.9 Å². The lowest BCUT2D eigenvalue weighted by Gasteiger charge is -2.32. The lowest BCUT2D eigenvalue weighted by Crippen LogP contribution is -2.46. The summed E-state index contributed by atoms with van der Waals surface area (Å²) < 4.78 is 0. The standard InChI is InChI=1S/C26H28N6O3/c1-30-24-7-6-20(29-21-8-10-27-28-13-21)12-23(24)26(35)32(17-25(30)34)16-22(33)15-31-11-9-18-4-2-3-5-19(18)14-31/h2-8,10,12-13,22,33H,9,11,14-17H2,1H3,(H,27,29). The SMILES string of the molecule is CN1C(=O)CN(CC(O)CN2CCc3ccccc3C2)C(=O)c2cc(Nc3ccnnc3)ccc21. The first-order chi connectivity index (χ1) is 17.0. The van der Waals surface area contributed by atoms with E-state index in [2.05, 4.69) is 38.6 Å². The Labute approximate surface area is 204 Å². The van der Waals surface area contributed by atoms with Crippen LogP contribution in [0.4, 0.5) is 17.1 Å². The number of anilines is 3. The van der Waals surface area contributed by atoms with Gasteiger partial charge in [0.05, 0.1) is 35.4 Å². The zero-order chi connectivity index (χ0) is 24.4. The smallest absolute Gasteiger partial charge is 0.256 e. The van der Waals surface area contributed by atoms with Crippen molar-refractivity contribution >= 4 is 28.9 Å². The highest BCUT2D eigenvalue weighted by molar-refractivity contribution is 6.10. The molecule has 1 unspecified atom stereocenters. The van der Waals surface area contributed by atoms with E-state index >= 15 is 0 Å². The summed E-state index contributed by atoms with van der Waals surface area (Å²) in [5, 5.41) is 21.7. The third kappa shape index (κ3) is 5.01. The second-order valence-corrected chi connectivity index (χ2v) is 9.03. The van der Waals surface area contributed by atoms with Gasteiger partial charge in [-0.3, -0.25) is 14.5 Å². The molecule has 2 aliphatic rings. The number of hydrogen-bond acceptors (Lipinski definition) is 7. The number of aliphatic hydroxyl groups excluding tert-OH is 1. The predicted molar refractivity (Wildman–Crippen MR) is 132 cm³/mol. The fourth-order valence-corrected chi connectivity index (χ4v) is 4.72. The molecule has 0 aliphatic carbocycles. The third-order valence-corrected chi connectivity index (χ3v) is 6.56. The Bertz CT molecular complexity index is 1230. The van der Waals surface area contributed by atoms with Crippen molar-refractivity contribution in [1.82, 2.24) is 20.0 Å². The number of nitrogens with one attached hydrogen (secondary N) is 1. The van der Waals surface area contributed by atoms with E-state index in [1.165, 1.54) is 20.9 Å². The van der Waals surface area contributed by atoms with Crippen molar-refractivity contribution in [3.8, 4) is 0 Å². The van der Waals surface area contributed by atoms with Crippen molar-refractivity contribution in [3.63, 3.8) is 0 Å². The van der Waals surface area contributed by atoms with Gasteiger partial charge in [-0.25, -0.2) is 0 Å². The first-order valence-corrected chi connectivity index (χ1v) is 11.7. The van der Waals surface area contributed by atoms with Gasteiger partial charge in [0.25, 0.3) is 5.91 Å². The summed E-state index contributed by atoms with van der Waals surface area (Å²) in [4.78, 5) is 31.5. The number of hydrogen-bond donors (Lipinski definition) is 2. The molecule has 5 rings (SSSR count). The Morgan fingerprint density at radius 1 is 1.00 bits per heavy atom. The summed E-state index contributed by atoms with van der Waals surface area (Å²) in [5.74, 6) is -0.479. The Hall–Kier alpha value is -3.82. The number of fused-ring (bicyclic) bond motifs is 2. The third-order valence-electron chi connectivity index (χ3n) is 6.56. The van der Waals surface area contributed by atoms with Crippen LogP contribution in [0.1, 0.15) is 21.5 Å². The average Bonchev–Trinajstić information content (AvgIpc) is 2.95. The summed E-state index contributed by atoms with van der Waals surface area (Å²) >= 11 is 0. The van der Waals surface area contributed by atoms with Crippen molar-refractivity contribution in [2.24, 2.45) is 0 Å². The van der Waals surface area contributed by atoms with Crippen LogP contribution in [0.2, 0.25) is 0 Å². The molecule has 1 atom stereocenters. The highest BCUT2D eigenvalue weighted by Crippen LogP contribution is 2.29. The molecule has 0 fully saturated rings. The highest BCUT2D eigenvalue weighted by Gasteiger charge is 2.31. The first kappa shape index (κ1) is 22.9. The minimum absolute atomic E-state index is 0.0824. The van der Waals surface area contributed by atoms with Gasteiger partial charge in [-0.05, 0) is 41.8 Å². The largest absolute Gasteiger partial charge is 0.390 e. The minimum atomic E-state index is -0.770. The van der Waals surface area contributed by atoms with E-state index in [-0.39, 0.29) is 24.9 Å². The first-order valence-electron chi connectivity index (χ1n) is 11.7. The van der Waals surface area contributed by atoms with Crippen molar-refractivity contribution < 1.29 is 14.7 Å². The number of β-amino-alcohol motifs (C(OH)–C–C–N with tert-alkyl or cyclic N) is 1. The molecule has 180 valence electrons. The van der Waals surface area contributed by atoms with E-state index in [0.717, 1.165) is 25.2 Å². The van der Waals surface area contributed by atoms with Gasteiger partial charge in [-0.15, -0.1) is 0 Å². The van der Waals surface area contributed by atoms with Crippen LogP contribution in [0.3, 0.4) is 0 Å². The van der Waals surface area contributed by atoms with Crippen molar-refractivity contribution in [2.75, 3.05) is 43.4 Å². The molecular weight excluding hydrogens is 444 g/mol. The van der Waals surface area contributed by atoms with Gasteiger partial charge in [0.15, 0.2) is 0 Å². The second-order valence-electron chi connectivity index (χ2n) is 9.03. The molecule has 0 saturated carbocycles. The lowest BCUT2D eigenvalue weighted by atomic mass is 10.00. The molecule has 9 nitrogen and oxygen atoms in total. The van der Waals surface area contributed by atoms with E-state index in [1.54, 1.807) is 37.6 Å². The number of rotatable bonds is 6. The molecule has 9 heteroatoms. The molecule has 2 aliphatic heterocycles. The van der Waals surface area contributed by atoms with E-state index < -0.39 is 6.10 Å². The number of benzene rings is 2. The molecule has 2 N–H and O–H groups in total. The quantitative estimate of drug-likeness (QED) is 0.566. The van der Waals surface area contributed by atoms with E-state index in [1.807, 2.05) is 12.1 Å². The Kier molecular flexibility index (Phi) is 6.43. The van der Waals surface area contributed by atoms with Crippen LogP contribution in [-0.4, -0.2) is 76.2 Å². The molecule has 3 heterocycles. The zero-order valence-electron chi connectivity index (χ0n) is 19.6. The maximum Gasteiger partial charge on any atom is 0.256 e. The Morgan fingerprint density at radius 3 is 2.63 bits per heavy atom. The van der Waals surface area contributed by atoms with E-state index in [4.69, 9.17) is 0 Å². The summed E-state index contributed by atoms with van der Waals surface area (Å²) in [7, 11) is 1.67. The number of nitrogens with zero attached hydrogens (tertiary/aromatic N) is 5. The van der Waals surface area contributed by atoms with Crippen molar-refractivity contribution in [3.05, 3.63) is 77.6 Å². The summed E-state index contributed by atoms with van der Waals surface area (Å²) in [6.07, 6.45) is 3.33. The van der Waals surface area contributed by atoms with Crippen LogP contribution in [0, 0.1) is 0 Å². The molecule has 0 bridgehead atoms. The molecule has 1 aromatic heterocycles. The van der Waals surface area contributed by atoms with Gasteiger partial charge < -0.3 is 20.2 Å². The topological polar surface area (TPSA) is 102 Å². The van der Waals surface area contributed by atoms with Crippen LogP contribution >= 0.6 is 0 Å². The van der Waals surface area contributed by atoms with Crippen LogP contribution in [0.5, 0.6) is 0 Å².